The maximum Gasteiger partial charge on any atom is 1.00 e. The summed E-state index contributed by atoms with van der Waals surface area (Å²) in [6.07, 6.45) is 32.3. The van der Waals surface area contributed by atoms with Gasteiger partial charge < -0.3 is 4.55 Å². The Morgan fingerprint density at radius 3 is 1.44 bits per heavy atom. The summed E-state index contributed by atoms with van der Waals surface area (Å²) < 4.78 is 37.1. The Morgan fingerprint density at radius 2 is 1.03 bits per heavy atom. The third kappa shape index (κ3) is 31.3. The summed E-state index contributed by atoms with van der Waals surface area (Å²) in [6.45, 7) is 4.48. The van der Waals surface area contributed by atoms with E-state index < -0.39 is 10.4 Å². The van der Waals surface area contributed by atoms with Crippen molar-refractivity contribution in [3.05, 3.63) is 12.2 Å². The predicted molar refractivity (Wildman–Crippen MR) is 141 cm³/mol. The Kier molecular flexibility index (Phi) is 31.7. The van der Waals surface area contributed by atoms with Crippen LogP contribution in [0.25, 0.3) is 0 Å². The van der Waals surface area contributed by atoms with E-state index >= 15 is 0 Å². The number of unbranched alkanes of at least 4 members (excludes halogenated alkanes) is 19. The topological polar surface area (TPSA) is 66.4 Å². The Labute approximate surface area is 256 Å². The Bertz CT molecular complexity index is 522. The van der Waals surface area contributed by atoms with Crippen LogP contribution in [0.3, 0.4) is 0 Å². The van der Waals surface area contributed by atoms with Crippen molar-refractivity contribution in [2.75, 3.05) is 6.61 Å². The summed E-state index contributed by atoms with van der Waals surface area (Å²) in [7, 11) is -4.61. The molecule has 0 saturated heterocycles. The van der Waals surface area contributed by atoms with Crippen molar-refractivity contribution < 1.29 is 68.5 Å². The van der Waals surface area contributed by atoms with Gasteiger partial charge in [-0.15, -0.1) is 0 Å². The smallest absolute Gasteiger partial charge is 0.726 e. The minimum atomic E-state index is -4.61. The van der Waals surface area contributed by atoms with Crippen molar-refractivity contribution >= 4 is 10.4 Å². The van der Waals surface area contributed by atoms with Crippen LogP contribution in [0.4, 0.5) is 0 Å². The summed E-state index contributed by atoms with van der Waals surface area (Å²) in [6, 6.07) is 0. The van der Waals surface area contributed by atoms with Crippen molar-refractivity contribution in [1.29, 1.82) is 0 Å². The SMILES string of the molecule is CCCCCCCCC/C=C/C(CCCCCCCCCCCCCCC)COS(=O)(=O)[O-].[K+]. The van der Waals surface area contributed by atoms with Crippen LogP contribution in [0, 0.1) is 5.92 Å². The molecule has 4 nitrogen and oxygen atoms in total. The second kappa shape index (κ2) is 28.8. The molecule has 0 aliphatic heterocycles. The van der Waals surface area contributed by atoms with E-state index in [4.69, 9.17) is 0 Å². The van der Waals surface area contributed by atoms with Gasteiger partial charge in [-0.2, -0.15) is 0 Å². The molecule has 6 heteroatoms. The van der Waals surface area contributed by atoms with E-state index in [1.165, 1.54) is 122 Å². The van der Waals surface area contributed by atoms with Gasteiger partial charge in [0, 0.05) is 5.92 Å². The van der Waals surface area contributed by atoms with E-state index in [0.717, 1.165) is 19.3 Å². The molecule has 198 valence electrons. The molecule has 0 saturated carbocycles. The normalized spacial score (nSPS) is 12.8. The average molecular weight is 527 g/mol. The summed E-state index contributed by atoms with van der Waals surface area (Å²) in [5.41, 5.74) is 0. The molecule has 0 fully saturated rings. The Hall–Kier alpha value is 1.25. The van der Waals surface area contributed by atoms with Gasteiger partial charge in [-0.1, -0.05) is 148 Å². The largest absolute Gasteiger partial charge is 1.00 e. The standard InChI is InChI=1S/C28H56O4S.K/c1-3-5-7-9-11-13-14-15-16-18-20-22-24-26-28(27-32-33(29,30)31)25-23-21-19-17-12-10-8-6-4-2;/h23,25,28H,3-22,24,26-27H2,1-2H3,(H,29,30,31);/q;+1/p-1/b25-23+;. The number of hydrogen-bond donors (Lipinski definition) is 0. The van der Waals surface area contributed by atoms with Gasteiger partial charge in [-0.3, -0.25) is 4.18 Å². The van der Waals surface area contributed by atoms with Crippen molar-refractivity contribution in [2.45, 2.75) is 155 Å². The van der Waals surface area contributed by atoms with Gasteiger partial charge in [0.15, 0.2) is 0 Å². The van der Waals surface area contributed by atoms with Crippen LogP contribution in [-0.2, 0) is 14.6 Å². The van der Waals surface area contributed by atoms with E-state index in [2.05, 4.69) is 30.2 Å². The maximum atomic E-state index is 10.8. The van der Waals surface area contributed by atoms with Crippen molar-refractivity contribution in [2.24, 2.45) is 5.92 Å². The van der Waals surface area contributed by atoms with E-state index in [1.54, 1.807) is 0 Å². The minimum absolute atomic E-state index is 0. The minimum Gasteiger partial charge on any atom is -0.726 e. The first-order valence-corrected chi connectivity index (χ1v) is 15.6. The molecule has 0 rings (SSSR count). The van der Waals surface area contributed by atoms with Gasteiger partial charge in [0.1, 0.15) is 0 Å². The molecule has 0 spiro atoms. The fraction of sp³-hybridized carbons (Fsp3) is 0.929. The van der Waals surface area contributed by atoms with Crippen LogP contribution in [0.5, 0.6) is 0 Å². The summed E-state index contributed by atoms with van der Waals surface area (Å²) in [5.74, 6) is 0.0194. The van der Waals surface area contributed by atoms with Gasteiger partial charge in [0.05, 0.1) is 6.61 Å². The zero-order valence-corrected chi connectivity index (χ0v) is 27.0. The molecule has 0 radical (unpaired) electrons. The van der Waals surface area contributed by atoms with Crippen LogP contribution >= 0.6 is 0 Å². The van der Waals surface area contributed by atoms with Crippen LogP contribution < -0.4 is 51.4 Å². The van der Waals surface area contributed by atoms with Gasteiger partial charge in [-0.05, 0) is 19.3 Å². The van der Waals surface area contributed by atoms with Crippen LogP contribution in [0.15, 0.2) is 12.2 Å². The molecule has 0 N–H and O–H groups in total. The van der Waals surface area contributed by atoms with E-state index in [0.29, 0.717) is 0 Å². The van der Waals surface area contributed by atoms with Gasteiger partial charge in [0.25, 0.3) is 0 Å². The van der Waals surface area contributed by atoms with Gasteiger partial charge >= 0.3 is 51.4 Å². The molecular formula is C28H55KO4S. The first-order valence-electron chi connectivity index (χ1n) is 14.3. The van der Waals surface area contributed by atoms with E-state index in [-0.39, 0.29) is 63.9 Å². The van der Waals surface area contributed by atoms with Crippen LogP contribution in [0.1, 0.15) is 155 Å². The Balaban J connectivity index is 0. The molecular weight excluding hydrogens is 471 g/mol. The number of hydrogen-bond acceptors (Lipinski definition) is 4. The summed E-state index contributed by atoms with van der Waals surface area (Å²) >= 11 is 0. The quantitative estimate of drug-likeness (QED) is 0.0438. The molecule has 0 bridgehead atoms. The third-order valence-electron chi connectivity index (χ3n) is 6.49. The molecule has 0 aromatic heterocycles. The van der Waals surface area contributed by atoms with Crippen molar-refractivity contribution in [1.82, 2.24) is 0 Å². The van der Waals surface area contributed by atoms with Crippen molar-refractivity contribution in [3.63, 3.8) is 0 Å². The molecule has 0 aliphatic carbocycles. The van der Waals surface area contributed by atoms with Crippen LogP contribution in [-0.4, -0.2) is 19.6 Å². The average Bonchev–Trinajstić information content (AvgIpc) is 2.78. The van der Waals surface area contributed by atoms with E-state index in [9.17, 15) is 13.0 Å². The van der Waals surface area contributed by atoms with Crippen LogP contribution in [0.2, 0.25) is 0 Å². The first kappa shape index (κ1) is 37.4. The summed E-state index contributed by atoms with van der Waals surface area (Å²) in [5, 5.41) is 0. The summed E-state index contributed by atoms with van der Waals surface area (Å²) in [4.78, 5) is 0. The third-order valence-corrected chi connectivity index (χ3v) is 6.91. The molecule has 0 aromatic carbocycles. The number of allylic oxidation sites excluding steroid dienone is 1. The zero-order valence-electron chi connectivity index (χ0n) is 23.0. The monoisotopic (exact) mass is 526 g/mol. The number of rotatable bonds is 26. The van der Waals surface area contributed by atoms with Gasteiger partial charge in [-0.25, -0.2) is 8.42 Å². The fourth-order valence-corrected chi connectivity index (χ4v) is 4.68. The molecule has 0 aliphatic rings. The second-order valence-corrected chi connectivity index (χ2v) is 10.9. The molecule has 1 unspecified atom stereocenters. The maximum absolute atomic E-state index is 10.8. The molecule has 0 aromatic rings. The second-order valence-electron chi connectivity index (χ2n) is 9.82. The Morgan fingerprint density at radius 1 is 0.647 bits per heavy atom. The first-order chi connectivity index (χ1) is 16.0. The van der Waals surface area contributed by atoms with E-state index in [1.807, 2.05) is 0 Å². The molecule has 0 heterocycles. The zero-order chi connectivity index (χ0) is 24.5. The molecule has 0 amide bonds. The predicted octanol–water partition coefficient (Wildman–Crippen LogP) is 6.26. The van der Waals surface area contributed by atoms with Gasteiger partial charge in [0.2, 0.25) is 10.4 Å². The molecule has 1 atom stereocenters. The fourth-order valence-electron chi connectivity index (χ4n) is 4.34. The molecule has 34 heavy (non-hydrogen) atoms. The van der Waals surface area contributed by atoms with Crippen molar-refractivity contribution in [3.8, 4) is 0 Å².